The number of carbonyl (C=O) groups is 1. The minimum absolute atomic E-state index is 0.143. The van der Waals surface area contributed by atoms with Gasteiger partial charge in [-0.15, -0.1) is 10.2 Å². The molecular weight excluding hydrogens is 530 g/mol. The topological polar surface area (TPSA) is 58.6 Å². The van der Waals surface area contributed by atoms with Crippen LogP contribution in [0, 0.1) is 0 Å². The van der Waals surface area contributed by atoms with Crippen molar-refractivity contribution in [2.45, 2.75) is 0 Å². The lowest BCUT2D eigenvalue weighted by atomic mass is 10.1. The van der Waals surface area contributed by atoms with E-state index in [4.69, 9.17) is 62.7 Å². The summed E-state index contributed by atoms with van der Waals surface area (Å²) in [6.07, 6.45) is 0. The van der Waals surface area contributed by atoms with Crippen LogP contribution in [0.3, 0.4) is 0 Å². The van der Waals surface area contributed by atoms with E-state index in [1.54, 1.807) is 17.0 Å². The Bertz CT molecular complexity index is 1170. The third-order valence-corrected chi connectivity index (χ3v) is 6.71. The fourth-order valence-corrected chi connectivity index (χ4v) is 4.46. The molecule has 0 radical (unpaired) electrons. The zero-order chi connectivity index (χ0) is 23.5. The highest BCUT2D eigenvalue weighted by Gasteiger charge is 2.23. The molecule has 0 aliphatic carbocycles. The molecule has 33 heavy (non-hydrogen) atoms. The van der Waals surface area contributed by atoms with Gasteiger partial charge in [0.05, 0.1) is 25.8 Å². The molecule has 172 valence electrons. The molecule has 4 rings (SSSR count). The summed E-state index contributed by atoms with van der Waals surface area (Å²) in [6.45, 7) is 2.16. The Labute approximate surface area is 215 Å². The number of nitrogens with zero attached hydrogens (tertiary/aromatic N) is 4. The molecule has 1 fully saturated rings. The number of anilines is 1. The molecule has 1 saturated heterocycles. The highest BCUT2D eigenvalue weighted by Crippen LogP contribution is 2.34. The largest absolute Gasteiger partial charge is 0.482 e. The van der Waals surface area contributed by atoms with Crippen molar-refractivity contribution >= 4 is 69.7 Å². The van der Waals surface area contributed by atoms with Gasteiger partial charge in [-0.3, -0.25) is 4.79 Å². The summed E-state index contributed by atoms with van der Waals surface area (Å²) in [5.41, 5.74) is 1.42. The second kappa shape index (κ2) is 10.5. The van der Waals surface area contributed by atoms with E-state index in [1.165, 1.54) is 12.1 Å². The van der Waals surface area contributed by atoms with Crippen LogP contribution in [-0.4, -0.2) is 53.8 Å². The normalized spacial score (nSPS) is 13.8. The Hall–Kier alpha value is -1.96. The van der Waals surface area contributed by atoms with Gasteiger partial charge in [-0.2, -0.15) is 0 Å². The van der Waals surface area contributed by atoms with Crippen LogP contribution < -0.4 is 9.64 Å². The van der Waals surface area contributed by atoms with E-state index < -0.39 is 0 Å². The minimum Gasteiger partial charge on any atom is -0.482 e. The maximum Gasteiger partial charge on any atom is 0.260 e. The predicted octanol–water partition coefficient (Wildman–Crippen LogP) is 6.14. The molecule has 2 aromatic carbocycles. The number of hydrogen-bond acceptors (Lipinski definition) is 5. The van der Waals surface area contributed by atoms with Gasteiger partial charge in [0.2, 0.25) is 0 Å². The van der Waals surface area contributed by atoms with Crippen molar-refractivity contribution in [1.82, 2.24) is 15.1 Å². The number of carbonyl (C=O) groups excluding carboxylic acids is 1. The number of benzene rings is 2. The number of amides is 1. The van der Waals surface area contributed by atoms with E-state index >= 15 is 0 Å². The van der Waals surface area contributed by atoms with Crippen LogP contribution in [0.1, 0.15) is 0 Å². The van der Waals surface area contributed by atoms with Crippen molar-refractivity contribution in [3.8, 4) is 17.0 Å². The van der Waals surface area contributed by atoms with E-state index in [1.807, 2.05) is 18.2 Å². The summed E-state index contributed by atoms with van der Waals surface area (Å²) < 4.78 is 5.55. The van der Waals surface area contributed by atoms with E-state index in [9.17, 15) is 4.79 Å². The lowest BCUT2D eigenvalue weighted by Crippen LogP contribution is -2.50. The van der Waals surface area contributed by atoms with Crippen molar-refractivity contribution < 1.29 is 9.53 Å². The molecule has 3 aromatic rings. The maximum absolute atomic E-state index is 12.6. The molecule has 0 unspecified atom stereocenters. The molecule has 0 atom stereocenters. The first-order valence-corrected chi connectivity index (χ1v) is 11.8. The van der Waals surface area contributed by atoms with Crippen molar-refractivity contribution in [2.75, 3.05) is 37.7 Å². The fraction of sp³-hybridized carbons (Fsp3) is 0.227. The highest BCUT2D eigenvalue weighted by molar-refractivity contribution is 6.43. The van der Waals surface area contributed by atoms with Crippen LogP contribution in [0.5, 0.6) is 5.75 Å². The Morgan fingerprint density at radius 1 is 0.818 bits per heavy atom. The van der Waals surface area contributed by atoms with Crippen molar-refractivity contribution in [2.24, 2.45) is 0 Å². The summed E-state index contributed by atoms with van der Waals surface area (Å²) in [5.74, 6) is 0.902. The van der Waals surface area contributed by atoms with E-state index in [0.29, 0.717) is 62.7 Å². The number of rotatable bonds is 5. The number of halogens is 5. The van der Waals surface area contributed by atoms with Gasteiger partial charge in [0.25, 0.3) is 5.91 Å². The molecule has 0 N–H and O–H groups in total. The first-order valence-electron chi connectivity index (χ1n) is 9.91. The van der Waals surface area contributed by atoms with Crippen molar-refractivity contribution in [3.63, 3.8) is 0 Å². The summed E-state index contributed by atoms with van der Waals surface area (Å²) in [6, 6.07) is 12.0. The first kappa shape index (κ1) is 24.2. The van der Waals surface area contributed by atoms with Gasteiger partial charge in [0.15, 0.2) is 12.4 Å². The van der Waals surface area contributed by atoms with Crippen LogP contribution in [0.2, 0.25) is 25.1 Å². The standard InChI is InChI=1S/C22H17Cl5N4O2/c23-13-1-2-14(15(24)9-13)19-3-4-21(29-28-19)30-5-7-31(8-6-30)22(32)12-33-20-11-17(26)16(25)10-18(20)27/h1-4,9-11H,5-8,12H2. The molecular formula is C22H17Cl5N4O2. The van der Waals surface area contributed by atoms with Crippen molar-refractivity contribution in [1.29, 1.82) is 0 Å². The Kier molecular flexibility index (Phi) is 7.72. The molecule has 1 amide bonds. The van der Waals surface area contributed by atoms with Gasteiger partial charge in [-0.25, -0.2) is 0 Å². The van der Waals surface area contributed by atoms with Crippen LogP contribution in [0.15, 0.2) is 42.5 Å². The smallest absolute Gasteiger partial charge is 0.260 e. The molecule has 1 aliphatic rings. The Morgan fingerprint density at radius 2 is 1.55 bits per heavy atom. The molecule has 11 heteroatoms. The fourth-order valence-electron chi connectivity index (χ4n) is 3.37. The van der Waals surface area contributed by atoms with E-state index in [-0.39, 0.29) is 12.5 Å². The van der Waals surface area contributed by atoms with Crippen LogP contribution in [-0.2, 0) is 4.79 Å². The quantitative estimate of drug-likeness (QED) is 0.360. The number of aromatic nitrogens is 2. The zero-order valence-corrected chi connectivity index (χ0v) is 20.9. The highest BCUT2D eigenvalue weighted by atomic mass is 35.5. The van der Waals surface area contributed by atoms with Gasteiger partial charge < -0.3 is 14.5 Å². The van der Waals surface area contributed by atoms with Gasteiger partial charge in [-0.1, -0.05) is 58.0 Å². The maximum atomic E-state index is 12.6. The van der Waals surface area contributed by atoms with Gasteiger partial charge in [0, 0.05) is 42.8 Å². The molecule has 6 nitrogen and oxygen atoms in total. The van der Waals surface area contributed by atoms with Gasteiger partial charge >= 0.3 is 0 Å². The second-order valence-electron chi connectivity index (χ2n) is 7.25. The number of hydrogen-bond donors (Lipinski definition) is 0. The average Bonchev–Trinajstić information content (AvgIpc) is 2.81. The van der Waals surface area contributed by atoms with Gasteiger partial charge in [-0.05, 0) is 36.4 Å². The predicted molar refractivity (Wildman–Crippen MR) is 133 cm³/mol. The molecule has 1 aliphatic heterocycles. The third-order valence-electron chi connectivity index (χ3n) is 5.14. The molecule has 0 spiro atoms. The SMILES string of the molecule is O=C(COc1cc(Cl)c(Cl)cc1Cl)N1CCN(c2ccc(-c3ccc(Cl)cc3Cl)nn2)CC1. The summed E-state index contributed by atoms with van der Waals surface area (Å²) in [5, 5.41) is 10.6. The van der Waals surface area contributed by atoms with E-state index in [0.717, 1.165) is 11.4 Å². The molecule has 0 saturated carbocycles. The lowest BCUT2D eigenvalue weighted by molar-refractivity contribution is -0.133. The number of ether oxygens (including phenoxy) is 1. The Balaban J connectivity index is 1.32. The zero-order valence-electron chi connectivity index (χ0n) is 17.1. The average molecular weight is 547 g/mol. The molecule has 2 heterocycles. The summed E-state index contributed by atoms with van der Waals surface area (Å²) >= 11 is 30.2. The molecule has 1 aromatic heterocycles. The third kappa shape index (κ3) is 5.76. The lowest BCUT2D eigenvalue weighted by Gasteiger charge is -2.35. The summed E-state index contributed by atoms with van der Waals surface area (Å²) in [4.78, 5) is 16.4. The number of piperazine rings is 1. The molecule has 0 bridgehead atoms. The monoisotopic (exact) mass is 544 g/mol. The van der Waals surface area contributed by atoms with Crippen molar-refractivity contribution in [3.05, 3.63) is 67.6 Å². The first-order chi connectivity index (χ1) is 15.8. The summed E-state index contributed by atoms with van der Waals surface area (Å²) in [7, 11) is 0. The minimum atomic E-state index is -0.145. The van der Waals surface area contributed by atoms with Gasteiger partial charge in [0.1, 0.15) is 5.75 Å². The van der Waals surface area contributed by atoms with E-state index in [2.05, 4.69) is 15.1 Å². The Morgan fingerprint density at radius 3 is 2.21 bits per heavy atom. The van der Waals surface area contributed by atoms with Crippen LogP contribution in [0.4, 0.5) is 5.82 Å². The van der Waals surface area contributed by atoms with Crippen LogP contribution >= 0.6 is 58.0 Å². The second-order valence-corrected chi connectivity index (χ2v) is 9.32. The van der Waals surface area contributed by atoms with Crippen LogP contribution in [0.25, 0.3) is 11.3 Å².